The first-order chi connectivity index (χ1) is 9.75. The highest BCUT2D eigenvalue weighted by molar-refractivity contribution is 6.05. The predicted molar refractivity (Wildman–Crippen MR) is 76.2 cm³/mol. The maximum atomic E-state index is 12.3. The lowest BCUT2D eigenvalue weighted by Gasteiger charge is -2.12. The summed E-state index contributed by atoms with van der Waals surface area (Å²) in [5.74, 6) is 0.518. The zero-order valence-corrected chi connectivity index (χ0v) is 11.0. The average Bonchev–Trinajstić information content (AvgIpc) is 3.01. The fourth-order valence-corrected chi connectivity index (χ4v) is 2.15. The Morgan fingerprint density at radius 2 is 2.05 bits per heavy atom. The molecule has 0 saturated heterocycles. The number of amides is 1. The molecule has 2 aromatic heterocycles. The molecule has 2 heterocycles. The van der Waals surface area contributed by atoms with Crippen LogP contribution in [0.15, 0.2) is 48.9 Å². The van der Waals surface area contributed by atoms with Gasteiger partial charge in [0.25, 0.3) is 5.91 Å². The van der Waals surface area contributed by atoms with Crippen LogP contribution < -0.4 is 5.32 Å². The van der Waals surface area contributed by atoms with Crippen LogP contribution in [0.2, 0.25) is 0 Å². The maximum absolute atomic E-state index is 12.3. The van der Waals surface area contributed by atoms with Gasteiger partial charge in [0.15, 0.2) is 0 Å². The summed E-state index contributed by atoms with van der Waals surface area (Å²) in [5, 5.41) is 4.74. The topological polar surface area (TPSA) is 70.7 Å². The number of nitrogens with one attached hydrogen (secondary N) is 2. The second kappa shape index (κ2) is 5.13. The smallest absolute Gasteiger partial charge is 0.271 e. The Balaban J connectivity index is 1.89. The average molecular weight is 266 g/mol. The van der Waals surface area contributed by atoms with E-state index in [9.17, 15) is 4.79 Å². The lowest BCUT2D eigenvalue weighted by molar-refractivity contribution is 0.0935. The Morgan fingerprint density at radius 3 is 2.85 bits per heavy atom. The molecule has 0 aliphatic heterocycles. The van der Waals surface area contributed by atoms with Crippen LogP contribution in [-0.2, 0) is 0 Å². The standard InChI is InChI=1S/C15H14N4O/c1-10(14-17-8-9-18-14)19-15(20)13-12-5-3-2-4-11(12)6-7-16-13/h2-10H,1H3,(H,17,18)(H,19,20). The number of carbonyl (C=O) groups excluding carboxylic acids is 1. The number of fused-ring (bicyclic) bond motifs is 1. The van der Waals surface area contributed by atoms with Gasteiger partial charge in [-0.2, -0.15) is 0 Å². The Bertz CT molecular complexity index is 731. The van der Waals surface area contributed by atoms with Crippen molar-refractivity contribution in [1.82, 2.24) is 20.3 Å². The van der Waals surface area contributed by atoms with Gasteiger partial charge in [0.1, 0.15) is 11.5 Å². The van der Waals surface area contributed by atoms with Gasteiger partial charge in [-0.25, -0.2) is 4.98 Å². The van der Waals surface area contributed by atoms with E-state index in [0.29, 0.717) is 5.69 Å². The van der Waals surface area contributed by atoms with E-state index in [1.165, 1.54) is 0 Å². The molecule has 5 heteroatoms. The number of hydrogen-bond donors (Lipinski definition) is 2. The van der Waals surface area contributed by atoms with Crippen molar-refractivity contribution in [3.63, 3.8) is 0 Å². The van der Waals surface area contributed by atoms with Crippen molar-refractivity contribution in [3.05, 3.63) is 60.4 Å². The molecule has 3 aromatic rings. The fraction of sp³-hybridized carbons (Fsp3) is 0.133. The molecule has 0 aliphatic rings. The van der Waals surface area contributed by atoms with E-state index in [2.05, 4.69) is 20.3 Å². The van der Waals surface area contributed by atoms with E-state index < -0.39 is 0 Å². The van der Waals surface area contributed by atoms with Crippen molar-refractivity contribution >= 4 is 16.7 Å². The zero-order valence-electron chi connectivity index (χ0n) is 11.0. The molecular weight excluding hydrogens is 252 g/mol. The summed E-state index contributed by atoms with van der Waals surface area (Å²) in [5.41, 5.74) is 0.432. The monoisotopic (exact) mass is 266 g/mol. The minimum Gasteiger partial charge on any atom is -0.347 e. The van der Waals surface area contributed by atoms with E-state index in [1.54, 1.807) is 18.6 Å². The second-order valence-corrected chi connectivity index (χ2v) is 4.55. The first-order valence-corrected chi connectivity index (χ1v) is 6.39. The minimum absolute atomic E-state index is 0.196. The third-order valence-corrected chi connectivity index (χ3v) is 3.17. The first kappa shape index (κ1) is 12.3. The first-order valence-electron chi connectivity index (χ1n) is 6.39. The van der Waals surface area contributed by atoms with Crippen molar-refractivity contribution in [2.75, 3.05) is 0 Å². The van der Waals surface area contributed by atoms with E-state index >= 15 is 0 Å². The molecule has 1 amide bonds. The van der Waals surface area contributed by atoms with Crippen LogP contribution >= 0.6 is 0 Å². The summed E-state index contributed by atoms with van der Waals surface area (Å²) in [6.45, 7) is 1.88. The quantitative estimate of drug-likeness (QED) is 0.765. The van der Waals surface area contributed by atoms with Crippen LogP contribution in [0.1, 0.15) is 29.3 Å². The van der Waals surface area contributed by atoms with Gasteiger partial charge in [0, 0.05) is 24.0 Å². The Hall–Kier alpha value is -2.69. The van der Waals surface area contributed by atoms with Crippen LogP contribution in [0.25, 0.3) is 10.8 Å². The molecular formula is C15H14N4O. The highest BCUT2D eigenvalue weighted by Crippen LogP contribution is 2.17. The second-order valence-electron chi connectivity index (χ2n) is 4.55. The highest BCUT2D eigenvalue weighted by atomic mass is 16.1. The summed E-state index contributed by atoms with van der Waals surface area (Å²) in [7, 11) is 0. The van der Waals surface area contributed by atoms with Crippen molar-refractivity contribution < 1.29 is 4.79 Å². The number of nitrogens with zero attached hydrogens (tertiary/aromatic N) is 2. The molecule has 100 valence electrons. The summed E-state index contributed by atoms with van der Waals surface area (Å²) >= 11 is 0. The summed E-state index contributed by atoms with van der Waals surface area (Å²) < 4.78 is 0. The molecule has 0 aliphatic carbocycles. The van der Waals surface area contributed by atoms with Crippen molar-refractivity contribution in [3.8, 4) is 0 Å². The zero-order chi connectivity index (χ0) is 13.9. The van der Waals surface area contributed by atoms with Gasteiger partial charge in [-0.05, 0) is 18.4 Å². The molecule has 1 atom stereocenters. The summed E-state index contributed by atoms with van der Waals surface area (Å²) in [6, 6.07) is 9.39. The van der Waals surface area contributed by atoms with Crippen molar-refractivity contribution in [2.45, 2.75) is 13.0 Å². The number of benzene rings is 1. The van der Waals surface area contributed by atoms with Crippen LogP contribution in [-0.4, -0.2) is 20.9 Å². The van der Waals surface area contributed by atoms with Gasteiger partial charge >= 0.3 is 0 Å². The van der Waals surface area contributed by atoms with Gasteiger partial charge in [-0.3, -0.25) is 9.78 Å². The number of carbonyl (C=O) groups is 1. The summed E-state index contributed by atoms with van der Waals surface area (Å²) in [4.78, 5) is 23.7. The van der Waals surface area contributed by atoms with Crippen molar-refractivity contribution in [2.24, 2.45) is 0 Å². The van der Waals surface area contributed by atoms with Crippen molar-refractivity contribution in [1.29, 1.82) is 0 Å². The molecule has 3 rings (SSSR count). The van der Waals surface area contributed by atoms with Gasteiger partial charge in [0.2, 0.25) is 0 Å². The molecule has 1 aromatic carbocycles. The van der Waals surface area contributed by atoms with Gasteiger partial charge in [-0.1, -0.05) is 24.3 Å². The van der Waals surface area contributed by atoms with Crippen LogP contribution in [0.3, 0.4) is 0 Å². The van der Waals surface area contributed by atoms with E-state index in [-0.39, 0.29) is 11.9 Å². The number of aromatic amines is 1. The lowest BCUT2D eigenvalue weighted by atomic mass is 10.1. The Morgan fingerprint density at radius 1 is 1.20 bits per heavy atom. The highest BCUT2D eigenvalue weighted by Gasteiger charge is 2.16. The third-order valence-electron chi connectivity index (χ3n) is 3.17. The largest absolute Gasteiger partial charge is 0.347 e. The third kappa shape index (κ3) is 2.25. The number of H-pyrrole nitrogens is 1. The Kier molecular flexibility index (Phi) is 3.16. The predicted octanol–water partition coefficient (Wildman–Crippen LogP) is 2.45. The van der Waals surface area contributed by atoms with Gasteiger partial charge < -0.3 is 10.3 Å². The van der Waals surface area contributed by atoms with E-state index in [1.807, 2.05) is 37.3 Å². The molecule has 0 saturated carbocycles. The molecule has 0 spiro atoms. The number of aromatic nitrogens is 3. The molecule has 0 fully saturated rings. The molecule has 20 heavy (non-hydrogen) atoms. The van der Waals surface area contributed by atoms with Crippen LogP contribution in [0, 0.1) is 0 Å². The van der Waals surface area contributed by atoms with Crippen LogP contribution in [0.4, 0.5) is 0 Å². The lowest BCUT2D eigenvalue weighted by Crippen LogP contribution is -2.28. The molecule has 1 unspecified atom stereocenters. The van der Waals surface area contributed by atoms with Crippen LogP contribution in [0.5, 0.6) is 0 Å². The maximum Gasteiger partial charge on any atom is 0.271 e. The number of pyridine rings is 1. The van der Waals surface area contributed by atoms with E-state index in [0.717, 1.165) is 16.6 Å². The SMILES string of the molecule is CC(NC(=O)c1nccc2ccccc12)c1ncc[nH]1. The fourth-order valence-electron chi connectivity index (χ4n) is 2.15. The van der Waals surface area contributed by atoms with E-state index in [4.69, 9.17) is 0 Å². The number of rotatable bonds is 3. The minimum atomic E-state index is -0.203. The number of imidazole rings is 1. The van der Waals surface area contributed by atoms with Gasteiger partial charge in [0.05, 0.1) is 6.04 Å². The molecule has 0 bridgehead atoms. The Labute approximate surface area is 116 Å². The summed E-state index contributed by atoms with van der Waals surface area (Å²) in [6.07, 6.45) is 5.04. The van der Waals surface area contributed by atoms with Gasteiger partial charge in [-0.15, -0.1) is 0 Å². The normalized spacial score (nSPS) is 12.2. The molecule has 2 N–H and O–H groups in total. The molecule has 5 nitrogen and oxygen atoms in total. The number of hydrogen-bond acceptors (Lipinski definition) is 3. The molecule has 0 radical (unpaired) electrons.